The highest BCUT2D eigenvalue weighted by Gasteiger charge is 2.31. The van der Waals surface area contributed by atoms with Gasteiger partial charge in [0.25, 0.3) is 0 Å². The molecule has 1 aliphatic heterocycles. The standard InChI is InChI=1S/C21H16ClN3O4/c22-13-3-1-12(2-4-13)20-23-11-24-21(16-7-5-14(26)9-18(16)28)25(20)17-8-6-15(27)10-19(17)29/h1-11,21,26-29H. The summed E-state index contributed by atoms with van der Waals surface area (Å²) in [4.78, 5) is 10.4. The van der Waals surface area contributed by atoms with Gasteiger partial charge < -0.3 is 20.4 Å². The molecule has 0 aromatic heterocycles. The Morgan fingerprint density at radius 2 is 1.45 bits per heavy atom. The van der Waals surface area contributed by atoms with E-state index < -0.39 is 6.17 Å². The Morgan fingerprint density at radius 3 is 2.10 bits per heavy atom. The van der Waals surface area contributed by atoms with Gasteiger partial charge in [-0.05, 0) is 48.5 Å². The fourth-order valence-electron chi connectivity index (χ4n) is 3.14. The maximum atomic E-state index is 10.5. The zero-order chi connectivity index (χ0) is 20.5. The number of nitrogens with zero attached hydrogens (tertiary/aromatic N) is 3. The van der Waals surface area contributed by atoms with Gasteiger partial charge in [-0.1, -0.05) is 11.6 Å². The summed E-state index contributed by atoms with van der Waals surface area (Å²) in [6, 6.07) is 15.3. The highest BCUT2D eigenvalue weighted by atomic mass is 35.5. The predicted octanol–water partition coefficient (Wildman–Crippen LogP) is 4.16. The van der Waals surface area contributed by atoms with Gasteiger partial charge in [0.2, 0.25) is 0 Å². The molecule has 0 spiro atoms. The molecule has 1 unspecified atom stereocenters. The van der Waals surface area contributed by atoms with Crippen molar-refractivity contribution in [2.24, 2.45) is 9.98 Å². The van der Waals surface area contributed by atoms with Gasteiger partial charge in [-0.15, -0.1) is 0 Å². The van der Waals surface area contributed by atoms with E-state index >= 15 is 0 Å². The van der Waals surface area contributed by atoms with Crippen molar-refractivity contribution in [2.75, 3.05) is 4.90 Å². The number of benzene rings is 3. The van der Waals surface area contributed by atoms with E-state index in [0.717, 1.165) is 0 Å². The normalized spacial score (nSPS) is 16.0. The lowest BCUT2D eigenvalue weighted by Gasteiger charge is -2.34. The van der Waals surface area contributed by atoms with Crippen LogP contribution in [-0.2, 0) is 0 Å². The first-order valence-electron chi connectivity index (χ1n) is 8.62. The van der Waals surface area contributed by atoms with Crippen LogP contribution in [0.15, 0.2) is 70.6 Å². The molecule has 3 aromatic carbocycles. The first-order valence-corrected chi connectivity index (χ1v) is 9.00. The molecule has 29 heavy (non-hydrogen) atoms. The summed E-state index contributed by atoms with van der Waals surface area (Å²) in [5.41, 5.74) is 1.43. The number of anilines is 1. The van der Waals surface area contributed by atoms with Crippen LogP contribution in [-0.4, -0.2) is 32.6 Å². The molecule has 1 aliphatic rings. The number of aromatic hydroxyl groups is 4. The van der Waals surface area contributed by atoms with Gasteiger partial charge >= 0.3 is 0 Å². The third-order valence-electron chi connectivity index (χ3n) is 4.47. The number of halogens is 1. The molecule has 0 fully saturated rings. The molecule has 0 radical (unpaired) electrons. The summed E-state index contributed by atoms with van der Waals surface area (Å²) in [6.45, 7) is 0. The number of rotatable bonds is 3. The van der Waals surface area contributed by atoms with Gasteiger partial charge in [-0.2, -0.15) is 0 Å². The fraction of sp³-hybridized carbons (Fsp3) is 0.0476. The maximum absolute atomic E-state index is 10.5. The Labute approximate surface area is 171 Å². The number of phenols is 4. The van der Waals surface area contributed by atoms with Crippen LogP contribution < -0.4 is 4.90 Å². The summed E-state index contributed by atoms with van der Waals surface area (Å²) >= 11 is 6.00. The minimum absolute atomic E-state index is 0.0864. The lowest BCUT2D eigenvalue weighted by molar-refractivity contribution is 0.439. The van der Waals surface area contributed by atoms with E-state index in [1.165, 1.54) is 36.7 Å². The number of aliphatic imine (C=N–C) groups is 2. The van der Waals surface area contributed by atoms with Crippen LogP contribution in [0.4, 0.5) is 5.69 Å². The Morgan fingerprint density at radius 1 is 0.793 bits per heavy atom. The lowest BCUT2D eigenvalue weighted by atomic mass is 10.1. The van der Waals surface area contributed by atoms with Crippen molar-refractivity contribution in [3.8, 4) is 23.0 Å². The molecule has 8 heteroatoms. The highest BCUT2D eigenvalue weighted by molar-refractivity contribution is 6.30. The molecule has 1 heterocycles. The van der Waals surface area contributed by atoms with Crippen molar-refractivity contribution >= 4 is 29.5 Å². The van der Waals surface area contributed by atoms with E-state index in [-0.39, 0.29) is 23.0 Å². The lowest BCUT2D eigenvalue weighted by Crippen LogP contribution is -2.37. The van der Waals surface area contributed by atoms with Crippen LogP contribution in [0.5, 0.6) is 23.0 Å². The van der Waals surface area contributed by atoms with E-state index in [1.807, 2.05) is 0 Å². The monoisotopic (exact) mass is 409 g/mol. The van der Waals surface area contributed by atoms with Crippen molar-refractivity contribution in [3.05, 3.63) is 76.8 Å². The Bertz CT molecular complexity index is 1130. The first kappa shape index (κ1) is 18.6. The highest BCUT2D eigenvalue weighted by Crippen LogP contribution is 2.41. The van der Waals surface area contributed by atoms with Gasteiger partial charge in [0.05, 0.1) is 5.69 Å². The first-order chi connectivity index (χ1) is 13.9. The van der Waals surface area contributed by atoms with Gasteiger partial charge in [0.1, 0.15) is 35.2 Å². The molecule has 3 aromatic rings. The summed E-state index contributed by atoms with van der Waals surface area (Å²) < 4.78 is 0. The Balaban J connectivity index is 1.90. The molecule has 7 nitrogen and oxygen atoms in total. The minimum Gasteiger partial charge on any atom is -0.508 e. The second-order valence-corrected chi connectivity index (χ2v) is 6.82. The van der Waals surface area contributed by atoms with Crippen molar-refractivity contribution in [2.45, 2.75) is 6.17 Å². The van der Waals surface area contributed by atoms with Crippen molar-refractivity contribution in [1.82, 2.24) is 0 Å². The number of hydrogen-bond acceptors (Lipinski definition) is 7. The number of phenolic OH excluding ortho intramolecular Hbond substituents is 4. The van der Waals surface area contributed by atoms with E-state index in [1.54, 1.807) is 35.2 Å². The summed E-state index contributed by atoms with van der Waals surface area (Å²) in [6.07, 6.45) is 0.587. The van der Waals surface area contributed by atoms with E-state index in [0.29, 0.717) is 27.7 Å². The van der Waals surface area contributed by atoms with Crippen molar-refractivity contribution in [3.63, 3.8) is 0 Å². The van der Waals surface area contributed by atoms with E-state index in [9.17, 15) is 20.4 Å². The maximum Gasteiger partial charge on any atom is 0.158 e. The largest absolute Gasteiger partial charge is 0.508 e. The van der Waals surface area contributed by atoms with Crippen LogP contribution in [0.25, 0.3) is 0 Å². The smallest absolute Gasteiger partial charge is 0.158 e. The summed E-state index contributed by atoms with van der Waals surface area (Å²) in [7, 11) is 0. The van der Waals surface area contributed by atoms with E-state index in [4.69, 9.17) is 11.6 Å². The van der Waals surface area contributed by atoms with Crippen LogP contribution in [0.1, 0.15) is 17.3 Å². The molecule has 0 saturated heterocycles. The molecule has 0 aliphatic carbocycles. The molecule has 0 amide bonds. The van der Waals surface area contributed by atoms with Crippen LogP contribution >= 0.6 is 11.6 Å². The van der Waals surface area contributed by atoms with Crippen LogP contribution in [0.3, 0.4) is 0 Å². The third-order valence-corrected chi connectivity index (χ3v) is 4.73. The van der Waals surface area contributed by atoms with Crippen molar-refractivity contribution in [1.29, 1.82) is 0 Å². The molecule has 4 N–H and O–H groups in total. The SMILES string of the molecule is Oc1ccc(C2N=CN=C(c3ccc(Cl)cc3)N2c2ccc(O)cc2O)c(O)c1. The van der Waals surface area contributed by atoms with E-state index in [2.05, 4.69) is 9.98 Å². The number of amidine groups is 1. The van der Waals surface area contributed by atoms with Gasteiger partial charge in [-0.25, -0.2) is 9.98 Å². The molecule has 1 atom stereocenters. The molecule has 0 bridgehead atoms. The topological polar surface area (TPSA) is 109 Å². The Kier molecular flexibility index (Phi) is 4.74. The third kappa shape index (κ3) is 3.55. The van der Waals surface area contributed by atoms with Crippen LogP contribution in [0.2, 0.25) is 5.02 Å². The predicted molar refractivity (Wildman–Crippen MR) is 111 cm³/mol. The average molecular weight is 410 g/mol. The molecule has 0 saturated carbocycles. The zero-order valence-electron chi connectivity index (χ0n) is 14.9. The van der Waals surface area contributed by atoms with Gasteiger partial charge in [-0.3, -0.25) is 4.90 Å². The molecular formula is C21H16ClN3O4. The second kappa shape index (κ2) is 7.37. The van der Waals surface area contributed by atoms with Crippen LogP contribution in [0, 0.1) is 0 Å². The zero-order valence-corrected chi connectivity index (χ0v) is 15.7. The summed E-state index contributed by atoms with van der Waals surface area (Å²) in [5.74, 6) is -0.0765. The summed E-state index contributed by atoms with van der Waals surface area (Å²) in [5, 5.41) is 40.8. The van der Waals surface area contributed by atoms with Crippen molar-refractivity contribution < 1.29 is 20.4 Å². The fourth-order valence-corrected chi connectivity index (χ4v) is 3.27. The molecule has 4 rings (SSSR count). The van der Waals surface area contributed by atoms with Gasteiger partial charge in [0.15, 0.2) is 6.17 Å². The second-order valence-electron chi connectivity index (χ2n) is 6.38. The quantitative estimate of drug-likeness (QED) is 0.519. The number of hydrogen-bond donors (Lipinski definition) is 4. The molecular weight excluding hydrogens is 394 g/mol. The minimum atomic E-state index is -0.783. The van der Waals surface area contributed by atoms with Gasteiger partial charge in [0, 0.05) is 28.3 Å². The molecule has 146 valence electrons. The Hall–Kier alpha value is -3.71. The average Bonchev–Trinajstić information content (AvgIpc) is 2.69.